The zero-order chi connectivity index (χ0) is 8.81. The zero-order valence-electron chi connectivity index (χ0n) is 7.40. The topological polar surface area (TPSA) is 51.8 Å². The van der Waals surface area contributed by atoms with Gasteiger partial charge in [-0.2, -0.15) is 0 Å². The molecule has 1 rings (SSSR count). The summed E-state index contributed by atoms with van der Waals surface area (Å²) >= 11 is 0. The second kappa shape index (κ2) is 4.83. The number of aromatic nitrogens is 2. The molecule has 3 nitrogen and oxygen atoms in total. The van der Waals surface area contributed by atoms with Gasteiger partial charge in [-0.3, -0.25) is 0 Å². The third kappa shape index (κ3) is 2.58. The lowest BCUT2D eigenvalue weighted by atomic mass is 10.1. The molecule has 1 aromatic heterocycles. The first kappa shape index (κ1) is 9.13. The Kier molecular flexibility index (Phi) is 3.67. The van der Waals surface area contributed by atoms with E-state index in [9.17, 15) is 0 Å². The molecule has 66 valence electrons. The van der Waals surface area contributed by atoms with Crippen LogP contribution in [0.5, 0.6) is 0 Å². The van der Waals surface area contributed by atoms with Crippen LogP contribution in [0.2, 0.25) is 0 Å². The quantitative estimate of drug-likeness (QED) is 0.738. The fourth-order valence-electron chi connectivity index (χ4n) is 1.09. The highest BCUT2D eigenvalue weighted by Gasteiger charge is 2.04. The van der Waals surface area contributed by atoms with Gasteiger partial charge in [-0.15, -0.1) is 0 Å². The summed E-state index contributed by atoms with van der Waals surface area (Å²) < 4.78 is 0. The number of nitrogens with zero attached hydrogens (tertiary/aromatic N) is 2. The van der Waals surface area contributed by atoms with Crippen LogP contribution >= 0.6 is 0 Å². The maximum absolute atomic E-state index is 5.89. The molecular formula is C9H15N3. The Balaban J connectivity index is 2.48. The number of nitrogens with two attached hydrogens (primary N) is 1. The Hall–Kier alpha value is -0.960. The first-order valence-electron chi connectivity index (χ1n) is 4.36. The van der Waals surface area contributed by atoms with Gasteiger partial charge in [0.1, 0.15) is 6.33 Å². The van der Waals surface area contributed by atoms with Gasteiger partial charge in [0, 0.05) is 12.2 Å². The van der Waals surface area contributed by atoms with E-state index in [-0.39, 0.29) is 6.04 Å². The van der Waals surface area contributed by atoms with Crippen molar-refractivity contribution in [2.75, 3.05) is 0 Å². The van der Waals surface area contributed by atoms with Crippen molar-refractivity contribution in [3.63, 3.8) is 0 Å². The Labute approximate surface area is 73.0 Å². The number of rotatable bonds is 4. The first-order chi connectivity index (χ1) is 5.84. The molecule has 0 aromatic carbocycles. The fourth-order valence-corrected chi connectivity index (χ4v) is 1.09. The van der Waals surface area contributed by atoms with Gasteiger partial charge in [-0.1, -0.05) is 19.8 Å². The van der Waals surface area contributed by atoms with Gasteiger partial charge in [0.15, 0.2) is 0 Å². The minimum atomic E-state index is 0.0768. The molecule has 0 radical (unpaired) electrons. The van der Waals surface area contributed by atoms with Crippen molar-refractivity contribution in [1.29, 1.82) is 0 Å². The van der Waals surface area contributed by atoms with Crippen LogP contribution in [0.3, 0.4) is 0 Å². The number of unbranched alkanes of at least 4 members (excludes halogenated alkanes) is 1. The van der Waals surface area contributed by atoms with E-state index in [0.29, 0.717) is 0 Å². The van der Waals surface area contributed by atoms with Gasteiger partial charge in [0.2, 0.25) is 0 Å². The molecule has 0 fully saturated rings. The summed E-state index contributed by atoms with van der Waals surface area (Å²) in [5.74, 6) is 0. The summed E-state index contributed by atoms with van der Waals surface area (Å²) in [6.45, 7) is 2.16. The van der Waals surface area contributed by atoms with E-state index in [2.05, 4.69) is 16.9 Å². The van der Waals surface area contributed by atoms with Crippen LogP contribution in [0.15, 0.2) is 18.6 Å². The molecule has 0 aliphatic rings. The Morgan fingerprint density at radius 1 is 1.58 bits per heavy atom. The summed E-state index contributed by atoms with van der Waals surface area (Å²) in [6, 6.07) is 1.95. The lowest BCUT2D eigenvalue weighted by Crippen LogP contribution is -2.11. The van der Waals surface area contributed by atoms with Crippen LogP contribution in [0.1, 0.15) is 37.9 Å². The standard InChI is InChI=1S/C9H15N3/c1-2-3-4-8(10)9-5-6-11-7-12-9/h5-8H,2-4,10H2,1H3. The second-order valence-corrected chi connectivity index (χ2v) is 2.88. The fraction of sp³-hybridized carbons (Fsp3) is 0.556. The Morgan fingerprint density at radius 3 is 3.00 bits per heavy atom. The second-order valence-electron chi connectivity index (χ2n) is 2.88. The highest BCUT2D eigenvalue weighted by molar-refractivity contribution is 5.03. The zero-order valence-corrected chi connectivity index (χ0v) is 7.40. The summed E-state index contributed by atoms with van der Waals surface area (Å²) in [5, 5.41) is 0. The van der Waals surface area contributed by atoms with Crippen LogP contribution < -0.4 is 5.73 Å². The molecule has 0 spiro atoms. The Morgan fingerprint density at radius 2 is 2.42 bits per heavy atom. The number of hydrogen-bond donors (Lipinski definition) is 1. The molecule has 2 N–H and O–H groups in total. The van der Waals surface area contributed by atoms with E-state index >= 15 is 0 Å². The lowest BCUT2D eigenvalue weighted by molar-refractivity contribution is 0.589. The van der Waals surface area contributed by atoms with Crippen LogP contribution in [-0.4, -0.2) is 9.97 Å². The molecule has 1 unspecified atom stereocenters. The summed E-state index contributed by atoms with van der Waals surface area (Å²) in [6.07, 6.45) is 6.62. The van der Waals surface area contributed by atoms with Crippen molar-refractivity contribution >= 4 is 0 Å². The molecule has 0 aliphatic carbocycles. The SMILES string of the molecule is CCCCC(N)c1ccncn1. The van der Waals surface area contributed by atoms with Gasteiger partial charge >= 0.3 is 0 Å². The molecule has 0 bridgehead atoms. The number of hydrogen-bond acceptors (Lipinski definition) is 3. The van der Waals surface area contributed by atoms with Crippen molar-refractivity contribution in [3.8, 4) is 0 Å². The first-order valence-corrected chi connectivity index (χ1v) is 4.36. The minimum Gasteiger partial charge on any atom is -0.323 e. The molecule has 0 aliphatic heterocycles. The summed E-state index contributed by atoms with van der Waals surface area (Å²) in [5.41, 5.74) is 6.83. The third-order valence-corrected chi connectivity index (χ3v) is 1.85. The Bertz CT molecular complexity index is 210. The summed E-state index contributed by atoms with van der Waals surface area (Å²) in [4.78, 5) is 7.94. The van der Waals surface area contributed by atoms with E-state index in [0.717, 1.165) is 18.5 Å². The normalized spacial score (nSPS) is 12.8. The van der Waals surface area contributed by atoms with Crippen molar-refractivity contribution in [1.82, 2.24) is 9.97 Å². The van der Waals surface area contributed by atoms with Crippen LogP contribution in [-0.2, 0) is 0 Å². The van der Waals surface area contributed by atoms with E-state index in [1.807, 2.05) is 6.07 Å². The minimum absolute atomic E-state index is 0.0768. The monoisotopic (exact) mass is 165 g/mol. The van der Waals surface area contributed by atoms with E-state index in [1.54, 1.807) is 12.5 Å². The molecule has 12 heavy (non-hydrogen) atoms. The highest BCUT2D eigenvalue weighted by Crippen LogP contribution is 2.12. The molecule has 0 saturated heterocycles. The maximum Gasteiger partial charge on any atom is 0.115 e. The van der Waals surface area contributed by atoms with Crippen molar-refractivity contribution < 1.29 is 0 Å². The predicted molar refractivity (Wildman–Crippen MR) is 48.5 cm³/mol. The average molecular weight is 165 g/mol. The molecule has 3 heteroatoms. The molecule has 1 atom stereocenters. The highest BCUT2D eigenvalue weighted by atomic mass is 14.8. The van der Waals surface area contributed by atoms with Gasteiger partial charge in [0.05, 0.1) is 5.69 Å². The van der Waals surface area contributed by atoms with Crippen LogP contribution in [0, 0.1) is 0 Å². The lowest BCUT2D eigenvalue weighted by Gasteiger charge is -2.08. The molecule has 1 aromatic rings. The molecule has 1 heterocycles. The van der Waals surface area contributed by atoms with Crippen LogP contribution in [0.25, 0.3) is 0 Å². The van der Waals surface area contributed by atoms with E-state index < -0.39 is 0 Å². The van der Waals surface area contributed by atoms with Gasteiger partial charge in [-0.05, 0) is 12.5 Å². The van der Waals surface area contributed by atoms with Gasteiger partial charge in [0.25, 0.3) is 0 Å². The smallest absolute Gasteiger partial charge is 0.115 e. The molecule has 0 saturated carbocycles. The molecule has 0 amide bonds. The van der Waals surface area contributed by atoms with Crippen LogP contribution in [0.4, 0.5) is 0 Å². The third-order valence-electron chi connectivity index (χ3n) is 1.85. The van der Waals surface area contributed by atoms with E-state index in [1.165, 1.54) is 6.42 Å². The van der Waals surface area contributed by atoms with Gasteiger partial charge < -0.3 is 5.73 Å². The summed E-state index contributed by atoms with van der Waals surface area (Å²) in [7, 11) is 0. The maximum atomic E-state index is 5.89. The van der Waals surface area contributed by atoms with Gasteiger partial charge in [-0.25, -0.2) is 9.97 Å². The van der Waals surface area contributed by atoms with Crippen molar-refractivity contribution in [3.05, 3.63) is 24.3 Å². The largest absolute Gasteiger partial charge is 0.323 e. The predicted octanol–water partition coefficient (Wildman–Crippen LogP) is 1.67. The molecular weight excluding hydrogens is 150 g/mol. The van der Waals surface area contributed by atoms with E-state index in [4.69, 9.17) is 5.73 Å². The average Bonchev–Trinajstić information content (AvgIpc) is 2.15. The van der Waals surface area contributed by atoms with Crippen molar-refractivity contribution in [2.24, 2.45) is 5.73 Å². The van der Waals surface area contributed by atoms with Crippen molar-refractivity contribution in [2.45, 2.75) is 32.2 Å².